The first kappa shape index (κ1) is 34.2. The molecule has 0 fully saturated rings. The number of para-hydroxylation sites is 1. The zero-order chi connectivity index (χ0) is 29.4. The summed E-state index contributed by atoms with van der Waals surface area (Å²) in [6, 6.07) is 2.65. The van der Waals surface area contributed by atoms with E-state index in [0.29, 0.717) is 24.1 Å². The largest absolute Gasteiger partial charge is 0.507 e. The second-order valence-electron chi connectivity index (χ2n) is 11.1. The van der Waals surface area contributed by atoms with Crippen LogP contribution < -0.4 is 10.6 Å². The fraction of sp³-hybridized carbons (Fsp3) is 0.700. The molecule has 0 heterocycles. The van der Waals surface area contributed by atoms with E-state index in [1.54, 1.807) is 45.9 Å². The van der Waals surface area contributed by atoms with Gasteiger partial charge in [0.1, 0.15) is 23.4 Å². The van der Waals surface area contributed by atoms with Crippen molar-refractivity contribution in [2.75, 3.05) is 19.7 Å². The summed E-state index contributed by atoms with van der Waals surface area (Å²) in [5.74, 6) is -1.10. The number of benzene rings is 1. The molecule has 0 aliphatic rings. The van der Waals surface area contributed by atoms with Crippen LogP contribution in [0, 0.1) is 6.92 Å². The maximum absolute atomic E-state index is 13.9. The van der Waals surface area contributed by atoms with Crippen LogP contribution in [0.25, 0.3) is 0 Å². The average Bonchev–Trinajstić information content (AvgIpc) is 2.87. The Kier molecular flexibility index (Phi) is 15.5. The average molecular weight is 550 g/mol. The molecule has 0 aromatic heterocycles. The summed E-state index contributed by atoms with van der Waals surface area (Å²) < 4.78 is 5.29. The third kappa shape index (κ3) is 12.3. The number of amides is 3. The van der Waals surface area contributed by atoms with Crippen molar-refractivity contribution in [1.82, 2.24) is 15.5 Å². The number of aromatic hydroxyl groups is 1. The number of aliphatic hydroxyl groups is 1. The molecular formula is C30H51N3O6. The summed E-state index contributed by atoms with van der Waals surface area (Å²) in [6.07, 6.45) is 7.73. The summed E-state index contributed by atoms with van der Waals surface area (Å²) >= 11 is 0. The van der Waals surface area contributed by atoms with Gasteiger partial charge in [0.05, 0.1) is 6.61 Å². The zero-order valence-corrected chi connectivity index (χ0v) is 24.8. The molecule has 222 valence electrons. The van der Waals surface area contributed by atoms with E-state index in [1.165, 1.54) is 4.90 Å². The molecule has 3 amide bonds. The molecule has 0 spiro atoms. The minimum Gasteiger partial charge on any atom is -0.507 e. The summed E-state index contributed by atoms with van der Waals surface area (Å²) in [5, 5.41) is 26.4. The molecule has 9 heteroatoms. The molecule has 1 aromatic carbocycles. The number of unbranched alkanes of at least 4 members (excludes halogenated alkanes) is 7. The first-order valence-electron chi connectivity index (χ1n) is 14.4. The molecule has 0 radical (unpaired) electrons. The van der Waals surface area contributed by atoms with E-state index in [-0.39, 0.29) is 12.3 Å². The number of nitrogens with zero attached hydrogens (tertiary/aromatic N) is 1. The van der Waals surface area contributed by atoms with Crippen molar-refractivity contribution in [2.45, 2.75) is 117 Å². The van der Waals surface area contributed by atoms with Crippen molar-refractivity contribution in [3.05, 3.63) is 29.3 Å². The highest BCUT2D eigenvalue weighted by Gasteiger charge is 2.37. The molecule has 2 atom stereocenters. The van der Waals surface area contributed by atoms with Gasteiger partial charge in [0.25, 0.3) is 0 Å². The number of alkyl carbamates (subject to hydrolysis) is 1. The van der Waals surface area contributed by atoms with Crippen molar-refractivity contribution in [1.29, 1.82) is 0 Å². The Bertz CT molecular complexity index is 899. The number of ether oxygens (including phenoxy) is 1. The van der Waals surface area contributed by atoms with E-state index in [0.717, 1.165) is 51.4 Å². The molecule has 0 saturated heterocycles. The quantitative estimate of drug-likeness (QED) is 0.200. The van der Waals surface area contributed by atoms with E-state index in [4.69, 9.17) is 4.74 Å². The first-order chi connectivity index (χ1) is 18.5. The minimum atomic E-state index is -1.32. The zero-order valence-electron chi connectivity index (χ0n) is 24.8. The fourth-order valence-electron chi connectivity index (χ4n) is 4.30. The third-order valence-corrected chi connectivity index (χ3v) is 6.41. The van der Waals surface area contributed by atoms with Gasteiger partial charge >= 0.3 is 6.09 Å². The monoisotopic (exact) mass is 549 g/mol. The van der Waals surface area contributed by atoms with Crippen LogP contribution in [-0.4, -0.2) is 64.4 Å². The highest BCUT2D eigenvalue weighted by Crippen LogP contribution is 2.32. The Morgan fingerprint density at radius 3 is 2.21 bits per heavy atom. The van der Waals surface area contributed by atoms with Gasteiger partial charge in [0, 0.05) is 18.7 Å². The van der Waals surface area contributed by atoms with Crippen molar-refractivity contribution >= 4 is 17.9 Å². The number of phenols is 1. The molecule has 0 aliphatic heterocycles. The summed E-state index contributed by atoms with van der Waals surface area (Å²) in [6.45, 7) is 11.0. The van der Waals surface area contributed by atoms with Gasteiger partial charge in [0.2, 0.25) is 11.8 Å². The van der Waals surface area contributed by atoms with Gasteiger partial charge in [-0.25, -0.2) is 4.79 Å². The lowest BCUT2D eigenvalue weighted by Crippen LogP contribution is -2.54. The number of hydrogen-bond acceptors (Lipinski definition) is 6. The fourth-order valence-corrected chi connectivity index (χ4v) is 4.30. The number of rotatable bonds is 17. The number of aliphatic hydroxyl groups excluding tert-OH is 1. The van der Waals surface area contributed by atoms with Gasteiger partial charge in [0.15, 0.2) is 0 Å². The number of carbonyl (C=O) groups excluding carboxylic acids is 3. The maximum Gasteiger partial charge on any atom is 0.408 e. The van der Waals surface area contributed by atoms with E-state index >= 15 is 0 Å². The third-order valence-electron chi connectivity index (χ3n) is 6.41. The molecule has 9 nitrogen and oxygen atoms in total. The van der Waals surface area contributed by atoms with Crippen LogP contribution in [-0.2, 0) is 14.3 Å². The number of phenolic OH excluding ortho intramolecular Hbond substituents is 1. The normalized spacial score (nSPS) is 12.9. The van der Waals surface area contributed by atoms with Crippen LogP contribution in [0.4, 0.5) is 4.79 Å². The number of carbonyl (C=O) groups is 3. The van der Waals surface area contributed by atoms with Gasteiger partial charge in [-0.2, -0.15) is 0 Å². The van der Waals surface area contributed by atoms with Gasteiger partial charge in [-0.15, -0.1) is 0 Å². The minimum absolute atomic E-state index is 0.0624. The van der Waals surface area contributed by atoms with E-state index < -0.39 is 42.2 Å². The van der Waals surface area contributed by atoms with E-state index in [2.05, 4.69) is 24.5 Å². The van der Waals surface area contributed by atoms with Gasteiger partial charge in [-0.05, 0) is 46.1 Å². The lowest BCUT2D eigenvalue weighted by molar-refractivity contribution is -0.143. The maximum atomic E-state index is 13.9. The molecule has 2 unspecified atom stereocenters. The first-order valence-corrected chi connectivity index (χ1v) is 14.4. The van der Waals surface area contributed by atoms with Crippen LogP contribution in [0.2, 0.25) is 0 Å². The highest BCUT2D eigenvalue weighted by atomic mass is 16.6. The lowest BCUT2D eigenvalue weighted by atomic mass is 9.98. The van der Waals surface area contributed by atoms with Crippen LogP contribution in [0.3, 0.4) is 0 Å². The lowest BCUT2D eigenvalue weighted by Gasteiger charge is -2.34. The van der Waals surface area contributed by atoms with Gasteiger partial charge in [-0.1, -0.05) is 77.0 Å². The second-order valence-corrected chi connectivity index (χ2v) is 11.1. The Morgan fingerprint density at radius 2 is 1.59 bits per heavy atom. The van der Waals surface area contributed by atoms with Crippen LogP contribution in [0.15, 0.2) is 18.2 Å². The number of aryl methyl sites for hydroxylation is 1. The topological polar surface area (TPSA) is 128 Å². The number of nitrogens with one attached hydrogen (secondary N) is 2. The van der Waals surface area contributed by atoms with Crippen molar-refractivity contribution in [3.8, 4) is 5.75 Å². The van der Waals surface area contributed by atoms with Crippen LogP contribution in [0.1, 0.15) is 110 Å². The molecule has 0 aliphatic carbocycles. The van der Waals surface area contributed by atoms with E-state index in [9.17, 15) is 24.6 Å². The summed E-state index contributed by atoms with van der Waals surface area (Å²) in [4.78, 5) is 41.3. The Hall–Kier alpha value is -2.81. The summed E-state index contributed by atoms with van der Waals surface area (Å²) in [5.41, 5.74) is 0.0877. The Morgan fingerprint density at radius 1 is 0.974 bits per heavy atom. The van der Waals surface area contributed by atoms with Gasteiger partial charge in [-0.3, -0.25) is 9.59 Å². The van der Waals surface area contributed by atoms with Crippen LogP contribution >= 0.6 is 0 Å². The van der Waals surface area contributed by atoms with E-state index in [1.807, 2.05) is 0 Å². The molecule has 39 heavy (non-hydrogen) atoms. The number of hydrogen-bond donors (Lipinski definition) is 4. The SMILES string of the molecule is CCCCCCCCN(C(=O)C(CO)NC(=O)OC(C)(C)C)C(C(=O)NCCCCC)c1cccc(C)c1O. The Balaban J connectivity index is 3.37. The highest BCUT2D eigenvalue weighted by molar-refractivity contribution is 5.92. The molecule has 0 saturated carbocycles. The van der Waals surface area contributed by atoms with Crippen LogP contribution in [0.5, 0.6) is 5.75 Å². The summed E-state index contributed by atoms with van der Waals surface area (Å²) in [7, 11) is 0. The van der Waals surface area contributed by atoms with Crippen molar-refractivity contribution in [2.24, 2.45) is 0 Å². The van der Waals surface area contributed by atoms with Gasteiger partial charge < -0.3 is 30.5 Å². The molecule has 1 rings (SSSR count). The predicted octanol–water partition coefficient (Wildman–Crippen LogP) is 5.12. The Labute approximate surface area is 234 Å². The van der Waals surface area contributed by atoms with Crippen molar-refractivity contribution < 1.29 is 29.3 Å². The second kappa shape index (κ2) is 17.7. The molecule has 4 N–H and O–H groups in total. The predicted molar refractivity (Wildman–Crippen MR) is 153 cm³/mol. The smallest absolute Gasteiger partial charge is 0.408 e. The molecule has 0 bridgehead atoms. The standard InChI is InChI=1S/C30H51N3O6/c1-7-9-11-12-13-15-20-33(28(37)24(21-34)32-29(38)39-30(4,5)6)25(27(36)31-19-14-10-8-2)23-18-16-17-22(3)26(23)35/h16-18,24-25,34-35H,7-15,19-21H2,1-6H3,(H,31,36)(H,32,38). The van der Waals surface area contributed by atoms with Crippen molar-refractivity contribution in [3.63, 3.8) is 0 Å². The molecule has 1 aromatic rings. The molecular weight excluding hydrogens is 498 g/mol.